The van der Waals surface area contributed by atoms with E-state index in [0.29, 0.717) is 11.8 Å². The molecule has 1 aromatic carbocycles. The van der Waals surface area contributed by atoms with E-state index in [0.717, 1.165) is 0 Å². The van der Waals surface area contributed by atoms with E-state index in [1.165, 1.54) is 25.1 Å². The number of amides is 1. The highest BCUT2D eigenvalue weighted by atomic mass is 19.1. The van der Waals surface area contributed by atoms with E-state index < -0.39 is 23.1 Å². The molecule has 0 heterocycles. The lowest BCUT2D eigenvalue weighted by atomic mass is 9.94. The Morgan fingerprint density at radius 1 is 1.32 bits per heavy atom. The molecule has 0 aliphatic heterocycles. The van der Waals surface area contributed by atoms with Crippen LogP contribution >= 0.6 is 0 Å². The number of nitrogens with one attached hydrogen (secondary N) is 1. The number of hydrogen-bond acceptors (Lipinski definition) is 3. The van der Waals surface area contributed by atoms with Crippen molar-refractivity contribution in [2.75, 3.05) is 0 Å². The van der Waals surface area contributed by atoms with Crippen molar-refractivity contribution in [3.8, 4) is 0 Å². The van der Waals surface area contributed by atoms with Gasteiger partial charge in [-0.25, -0.2) is 9.18 Å². The molecule has 0 saturated heterocycles. The summed E-state index contributed by atoms with van der Waals surface area (Å²) in [6, 6.07) is 5.51. The smallest absolute Gasteiger partial charge is 0.408 e. The van der Waals surface area contributed by atoms with Gasteiger partial charge in [-0.1, -0.05) is 12.1 Å². The summed E-state index contributed by atoms with van der Waals surface area (Å²) < 4.78 is 18.3. The van der Waals surface area contributed by atoms with Crippen LogP contribution in [0.1, 0.15) is 33.3 Å². The van der Waals surface area contributed by atoms with Gasteiger partial charge in [0.2, 0.25) is 0 Å². The second-order valence-electron chi connectivity index (χ2n) is 5.46. The fourth-order valence-corrected chi connectivity index (χ4v) is 1.50. The second kappa shape index (κ2) is 5.38. The van der Waals surface area contributed by atoms with Gasteiger partial charge in [-0.2, -0.15) is 0 Å². The predicted octanol–water partition coefficient (Wildman–Crippen LogP) is 2.76. The van der Waals surface area contributed by atoms with Crippen molar-refractivity contribution in [2.24, 2.45) is 0 Å². The summed E-state index contributed by atoms with van der Waals surface area (Å²) in [5.74, 6) is -0.475. The van der Waals surface area contributed by atoms with E-state index in [1.807, 2.05) is 0 Å². The summed E-state index contributed by atoms with van der Waals surface area (Å²) in [5.41, 5.74) is -1.64. The van der Waals surface area contributed by atoms with Crippen LogP contribution < -0.4 is 5.32 Å². The lowest BCUT2D eigenvalue weighted by molar-refractivity contribution is -0.113. The van der Waals surface area contributed by atoms with E-state index in [9.17, 15) is 14.0 Å². The Morgan fingerprint density at radius 2 is 1.95 bits per heavy atom. The standard InChI is InChI=1S/C14H18FNO3/c1-13(2,3)19-12(18)16-14(4,9-17)10-6-5-7-11(15)8-10/h5-9H,1-4H3,(H,16,18). The molecule has 1 N–H and O–H groups in total. The molecule has 0 aliphatic rings. The average molecular weight is 267 g/mol. The van der Waals surface area contributed by atoms with E-state index in [-0.39, 0.29) is 0 Å². The molecule has 0 radical (unpaired) electrons. The largest absolute Gasteiger partial charge is 0.444 e. The lowest BCUT2D eigenvalue weighted by Crippen LogP contribution is -2.47. The molecular weight excluding hydrogens is 249 g/mol. The van der Waals surface area contributed by atoms with E-state index in [4.69, 9.17) is 4.74 Å². The maximum atomic E-state index is 13.2. The van der Waals surface area contributed by atoms with Crippen molar-refractivity contribution in [1.82, 2.24) is 5.32 Å². The van der Waals surface area contributed by atoms with Crippen LogP contribution in [-0.2, 0) is 15.1 Å². The molecule has 4 nitrogen and oxygen atoms in total. The van der Waals surface area contributed by atoms with Gasteiger partial charge in [-0.05, 0) is 45.4 Å². The molecule has 0 bridgehead atoms. The zero-order chi connectivity index (χ0) is 14.7. The summed E-state index contributed by atoms with van der Waals surface area (Å²) in [4.78, 5) is 23.0. The Kier molecular flexibility index (Phi) is 4.29. The third kappa shape index (κ3) is 4.35. The van der Waals surface area contributed by atoms with Crippen LogP contribution in [0.25, 0.3) is 0 Å². The Morgan fingerprint density at radius 3 is 2.42 bits per heavy atom. The molecule has 19 heavy (non-hydrogen) atoms. The maximum Gasteiger partial charge on any atom is 0.408 e. The predicted molar refractivity (Wildman–Crippen MR) is 69.2 cm³/mol. The van der Waals surface area contributed by atoms with Gasteiger partial charge in [0.05, 0.1) is 0 Å². The van der Waals surface area contributed by atoms with E-state index >= 15 is 0 Å². The number of halogens is 1. The molecule has 0 fully saturated rings. The molecule has 0 aliphatic carbocycles. The molecule has 5 heteroatoms. The number of carbonyl (C=O) groups excluding carboxylic acids is 2. The van der Waals surface area contributed by atoms with Gasteiger partial charge in [0.1, 0.15) is 23.2 Å². The number of carbonyl (C=O) groups is 2. The minimum atomic E-state index is -1.33. The topological polar surface area (TPSA) is 55.4 Å². The molecule has 1 aromatic rings. The molecule has 0 spiro atoms. The van der Waals surface area contributed by atoms with Crippen LogP contribution in [0.5, 0.6) is 0 Å². The Hall–Kier alpha value is -1.91. The Bertz CT molecular complexity index is 482. The first kappa shape index (κ1) is 15.1. The highest BCUT2D eigenvalue weighted by Gasteiger charge is 2.30. The van der Waals surface area contributed by atoms with Crippen molar-refractivity contribution >= 4 is 12.4 Å². The number of hydrogen-bond donors (Lipinski definition) is 1. The molecule has 1 amide bonds. The monoisotopic (exact) mass is 267 g/mol. The molecular formula is C14H18FNO3. The van der Waals surface area contributed by atoms with Crippen molar-refractivity contribution in [3.63, 3.8) is 0 Å². The Balaban J connectivity index is 2.93. The van der Waals surface area contributed by atoms with Gasteiger partial charge in [0, 0.05) is 0 Å². The minimum absolute atomic E-state index is 0.355. The van der Waals surface area contributed by atoms with Gasteiger partial charge in [-0.15, -0.1) is 0 Å². The first-order valence-corrected chi connectivity index (χ1v) is 5.90. The summed E-state index contributed by atoms with van der Waals surface area (Å²) in [7, 11) is 0. The van der Waals surface area contributed by atoms with Gasteiger partial charge in [-0.3, -0.25) is 0 Å². The second-order valence-corrected chi connectivity index (χ2v) is 5.46. The first-order chi connectivity index (χ1) is 8.66. The maximum absolute atomic E-state index is 13.2. The number of aldehydes is 1. The van der Waals surface area contributed by atoms with Gasteiger partial charge < -0.3 is 14.8 Å². The molecule has 1 atom stereocenters. The average Bonchev–Trinajstić information content (AvgIpc) is 2.26. The van der Waals surface area contributed by atoms with Gasteiger partial charge in [0.25, 0.3) is 0 Å². The summed E-state index contributed by atoms with van der Waals surface area (Å²) in [6.45, 7) is 6.63. The fourth-order valence-electron chi connectivity index (χ4n) is 1.50. The zero-order valence-corrected chi connectivity index (χ0v) is 11.5. The molecule has 1 rings (SSSR count). The zero-order valence-electron chi connectivity index (χ0n) is 11.5. The number of ether oxygens (including phenoxy) is 1. The van der Waals surface area contributed by atoms with Crippen LogP contribution in [0.4, 0.5) is 9.18 Å². The van der Waals surface area contributed by atoms with Crippen LogP contribution in [0, 0.1) is 5.82 Å². The van der Waals surface area contributed by atoms with Crippen molar-refractivity contribution in [2.45, 2.75) is 38.8 Å². The van der Waals surface area contributed by atoms with Crippen LogP contribution in [0.3, 0.4) is 0 Å². The normalized spacial score (nSPS) is 14.4. The molecule has 0 aromatic heterocycles. The SMILES string of the molecule is CC(C)(C)OC(=O)NC(C)(C=O)c1cccc(F)c1. The van der Waals surface area contributed by atoms with Crippen molar-refractivity contribution in [3.05, 3.63) is 35.6 Å². The van der Waals surface area contributed by atoms with Crippen molar-refractivity contribution < 1.29 is 18.7 Å². The molecule has 0 saturated carbocycles. The minimum Gasteiger partial charge on any atom is -0.444 e. The van der Waals surface area contributed by atoms with Crippen molar-refractivity contribution in [1.29, 1.82) is 0 Å². The lowest BCUT2D eigenvalue weighted by Gasteiger charge is -2.27. The van der Waals surface area contributed by atoms with Crippen LogP contribution in [-0.4, -0.2) is 18.0 Å². The number of benzene rings is 1. The van der Waals surface area contributed by atoms with Gasteiger partial charge >= 0.3 is 6.09 Å². The molecule has 1 unspecified atom stereocenters. The van der Waals surface area contributed by atoms with Crippen LogP contribution in [0.15, 0.2) is 24.3 Å². The fraction of sp³-hybridized carbons (Fsp3) is 0.429. The summed E-state index contributed by atoms with van der Waals surface area (Å²) in [5, 5.41) is 2.45. The number of rotatable bonds is 3. The highest BCUT2D eigenvalue weighted by Crippen LogP contribution is 2.20. The number of alkyl carbamates (subject to hydrolysis) is 1. The quantitative estimate of drug-likeness (QED) is 0.857. The Labute approximate surface area is 112 Å². The third-order valence-electron chi connectivity index (χ3n) is 2.42. The third-order valence-corrected chi connectivity index (χ3v) is 2.42. The molecule has 104 valence electrons. The first-order valence-electron chi connectivity index (χ1n) is 5.90. The van der Waals surface area contributed by atoms with Crippen LogP contribution in [0.2, 0.25) is 0 Å². The van der Waals surface area contributed by atoms with E-state index in [2.05, 4.69) is 5.32 Å². The highest BCUT2D eigenvalue weighted by molar-refractivity contribution is 5.77. The summed E-state index contributed by atoms with van der Waals surface area (Å²) in [6.07, 6.45) is -0.183. The van der Waals surface area contributed by atoms with E-state index in [1.54, 1.807) is 26.8 Å². The summed E-state index contributed by atoms with van der Waals surface area (Å²) >= 11 is 0. The van der Waals surface area contributed by atoms with Gasteiger partial charge in [0.15, 0.2) is 0 Å².